The van der Waals surface area contributed by atoms with Crippen molar-refractivity contribution in [2.24, 2.45) is 11.3 Å². The van der Waals surface area contributed by atoms with Crippen molar-refractivity contribution in [1.29, 1.82) is 0 Å². The van der Waals surface area contributed by atoms with E-state index in [1.165, 1.54) is 37.9 Å². The van der Waals surface area contributed by atoms with E-state index in [1.54, 1.807) is 0 Å². The maximum absolute atomic E-state index is 6.26. The molecule has 1 aromatic carbocycles. The number of nitrogens with one attached hydrogen (secondary N) is 1. The maximum Gasteiger partial charge on any atom is 0.0438 e. The van der Waals surface area contributed by atoms with Crippen LogP contribution in [0.25, 0.3) is 0 Å². The molecule has 1 heterocycles. The molecule has 1 N–H and O–H groups in total. The molecule has 2 aliphatic rings. The Morgan fingerprint density at radius 2 is 2.25 bits per heavy atom. The molecule has 1 saturated carbocycles. The molecule has 2 bridgehead atoms. The van der Waals surface area contributed by atoms with Gasteiger partial charge in [0.1, 0.15) is 0 Å². The van der Waals surface area contributed by atoms with Crippen molar-refractivity contribution < 1.29 is 0 Å². The minimum Gasteiger partial charge on any atom is -0.316 e. The fraction of sp³-hybridized carbons (Fsp3) is 0.571. The molecule has 1 aromatic rings. The summed E-state index contributed by atoms with van der Waals surface area (Å²) >= 11 is 6.26. The summed E-state index contributed by atoms with van der Waals surface area (Å²) in [6.45, 7) is 2.40. The number of hydrogen-bond donors (Lipinski definition) is 1. The first kappa shape index (κ1) is 10.6. The highest BCUT2D eigenvalue weighted by Gasteiger charge is 2.41. The number of benzene rings is 1. The Hall–Kier alpha value is -0.530. The number of fused-ring (bicyclic) bond motifs is 2. The van der Waals surface area contributed by atoms with Crippen LogP contribution in [0.2, 0.25) is 5.02 Å². The summed E-state index contributed by atoms with van der Waals surface area (Å²) in [5.74, 6) is 0.913. The normalized spacial score (nSPS) is 32.9. The lowest BCUT2D eigenvalue weighted by Gasteiger charge is -2.34. The molecule has 3 rings (SSSR count). The van der Waals surface area contributed by atoms with Gasteiger partial charge in [-0.25, -0.2) is 0 Å². The highest BCUT2D eigenvalue weighted by Crippen LogP contribution is 2.46. The second-order valence-corrected chi connectivity index (χ2v) is 5.92. The van der Waals surface area contributed by atoms with Gasteiger partial charge in [0.2, 0.25) is 0 Å². The average molecular weight is 236 g/mol. The Bertz CT molecular complexity index is 386. The molecule has 2 unspecified atom stereocenters. The van der Waals surface area contributed by atoms with Gasteiger partial charge in [0.25, 0.3) is 0 Å². The smallest absolute Gasteiger partial charge is 0.0438 e. The van der Waals surface area contributed by atoms with Crippen LogP contribution < -0.4 is 5.32 Å². The largest absolute Gasteiger partial charge is 0.316 e. The minimum absolute atomic E-state index is 0.494. The van der Waals surface area contributed by atoms with E-state index in [0.717, 1.165) is 17.4 Å². The monoisotopic (exact) mass is 235 g/mol. The van der Waals surface area contributed by atoms with Gasteiger partial charge >= 0.3 is 0 Å². The van der Waals surface area contributed by atoms with Crippen LogP contribution in [-0.2, 0) is 6.42 Å². The van der Waals surface area contributed by atoms with Gasteiger partial charge in [-0.15, -0.1) is 0 Å². The quantitative estimate of drug-likeness (QED) is 0.830. The molecule has 1 aliphatic carbocycles. The lowest BCUT2D eigenvalue weighted by Crippen LogP contribution is -2.40. The first-order valence-corrected chi connectivity index (χ1v) is 6.59. The van der Waals surface area contributed by atoms with Crippen molar-refractivity contribution in [3.8, 4) is 0 Å². The van der Waals surface area contributed by atoms with Crippen LogP contribution >= 0.6 is 11.6 Å². The van der Waals surface area contributed by atoms with Crippen LogP contribution in [0.5, 0.6) is 0 Å². The third kappa shape index (κ3) is 1.87. The minimum atomic E-state index is 0.494. The van der Waals surface area contributed by atoms with Crippen LogP contribution in [-0.4, -0.2) is 13.1 Å². The van der Waals surface area contributed by atoms with Crippen LogP contribution in [0, 0.1) is 11.3 Å². The molecule has 0 aromatic heterocycles. The SMILES string of the molecule is Clc1ccccc1CC12CCC(CNC1)C2. The summed E-state index contributed by atoms with van der Waals surface area (Å²) in [4.78, 5) is 0. The lowest BCUT2D eigenvalue weighted by atomic mass is 9.77. The Labute approximate surface area is 102 Å². The molecule has 0 radical (unpaired) electrons. The Morgan fingerprint density at radius 1 is 1.38 bits per heavy atom. The van der Waals surface area contributed by atoms with E-state index in [-0.39, 0.29) is 0 Å². The summed E-state index contributed by atoms with van der Waals surface area (Å²) in [6.07, 6.45) is 5.31. The van der Waals surface area contributed by atoms with Crippen molar-refractivity contribution in [2.45, 2.75) is 25.7 Å². The zero-order chi connectivity index (χ0) is 11.0. The van der Waals surface area contributed by atoms with Crippen molar-refractivity contribution in [1.82, 2.24) is 5.32 Å². The number of hydrogen-bond acceptors (Lipinski definition) is 1. The Morgan fingerprint density at radius 3 is 3.12 bits per heavy atom. The summed E-state index contributed by atoms with van der Waals surface area (Å²) in [7, 11) is 0. The molecule has 0 amide bonds. The first-order chi connectivity index (χ1) is 7.77. The van der Waals surface area contributed by atoms with Crippen LogP contribution in [0.1, 0.15) is 24.8 Å². The van der Waals surface area contributed by atoms with Gasteiger partial charge in [-0.2, -0.15) is 0 Å². The van der Waals surface area contributed by atoms with E-state index in [0.29, 0.717) is 5.41 Å². The third-order valence-electron chi connectivity index (χ3n) is 4.26. The first-order valence-electron chi connectivity index (χ1n) is 6.22. The van der Waals surface area contributed by atoms with E-state index < -0.39 is 0 Å². The molecular weight excluding hydrogens is 218 g/mol. The van der Waals surface area contributed by atoms with Gasteiger partial charge in [0.05, 0.1) is 0 Å². The van der Waals surface area contributed by atoms with Crippen molar-refractivity contribution in [3.63, 3.8) is 0 Å². The van der Waals surface area contributed by atoms with Gasteiger partial charge < -0.3 is 5.32 Å². The molecule has 1 aliphatic heterocycles. The van der Waals surface area contributed by atoms with E-state index in [9.17, 15) is 0 Å². The zero-order valence-corrected chi connectivity index (χ0v) is 10.3. The molecule has 16 heavy (non-hydrogen) atoms. The van der Waals surface area contributed by atoms with E-state index in [1.807, 2.05) is 12.1 Å². The summed E-state index contributed by atoms with van der Waals surface area (Å²) in [5.41, 5.74) is 1.82. The molecule has 86 valence electrons. The molecule has 2 atom stereocenters. The van der Waals surface area contributed by atoms with Gasteiger partial charge in [-0.1, -0.05) is 29.8 Å². The van der Waals surface area contributed by atoms with Gasteiger partial charge in [0, 0.05) is 11.6 Å². The van der Waals surface area contributed by atoms with Crippen LogP contribution in [0.3, 0.4) is 0 Å². The summed E-state index contributed by atoms with van der Waals surface area (Å²) < 4.78 is 0. The summed E-state index contributed by atoms with van der Waals surface area (Å²) in [5, 5.41) is 4.52. The number of halogens is 1. The van der Waals surface area contributed by atoms with Crippen molar-refractivity contribution in [2.75, 3.05) is 13.1 Å². The van der Waals surface area contributed by atoms with Crippen molar-refractivity contribution in [3.05, 3.63) is 34.9 Å². The number of piperidine rings is 1. The molecule has 2 heteroatoms. The van der Waals surface area contributed by atoms with Crippen LogP contribution in [0.15, 0.2) is 24.3 Å². The van der Waals surface area contributed by atoms with Gasteiger partial charge in [-0.05, 0) is 55.2 Å². The van der Waals surface area contributed by atoms with Gasteiger partial charge in [-0.3, -0.25) is 0 Å². The van der Waals surface area contributed by atoms with E-state index in [4.69, 9.17) is 11.6 Å². The van der Waals surface area contributed by atoms with Crippen molar-refractivity contribution >= 4 is 11.6 Å². The van der Waals surface area contributed by atoms with Crippen LogP contribution in [0.4, 0.5) is 0 Å². The van der Waals surface area contributed by atoms with E-state index >= 15 is 0 Å². The molecule has 2 fully saturated rings. The summed E-state index contributed by atoms with van der Waals surface area (Å²) in [6, 6.07) is 8.30. The fourth-order valence-electron chi connectivity index (χ4n) is 3.47. The predicted octanol–water partition coefficient (Wildman–Crippen LogP) is 3.27. The second-order valence-electron chi connectivity index (χ2n) is 5.51. The Balaban J connectivity index is 1.82. The number of rotatable bonds is 2. The average Bonchev–Trinajstić information content (AvgIpc) is 2.58. The molecular formula is C14H18ClN. The molecule has 1 saturated heterocycles. The fourth-order valence-corrected chi connectivity index (χ4v) is 3.67. The lowest BCUT2D eigenvalue weighted by molar-refractivity contribution is 0.229. The highest BCUT2D eigenvalue weighted by atomic mass is 35.5. The van der Waals surface area contributed by atoms with Gasteiger partial charge in [0.15, 0.2) is 0 Å². The second kappa shape index (κ2) is 4.05. The maximum atomic E-state index is 6.26. The molecule has 1 nitrogen and oxygen atoms in total. The highest BCUT2D eigenvalue weighted by molar-refractivity contribution is 6.31. The zero-order valence-electron chi connectivity index (χ0n) is 9.51. The van der Waals surface area contributed by atoms with E-state index in [2.05, 4.69) is 17.4 Å². The molecule has 0 spiro atoms. The third-order valence-corrected chi connectivity index (χ3v) is 4.63. The standard InChI is InChI=1S/C14H18ClN/c15-13-4-2-1-3-12(13)8-14-6-5-11(7-14)9-16-10-14/h1-4,11,16H,5-10H2. The topological polar surface area (TPSA) is 12.0 Å². The Kier molecular flexibility index (Phi) is 2.68. The predicted molar refractivity (Wildman–Crippen MR) is 67.8 cm³/mol.